The van der Waals surface area contributed by atoms with Crippen LogP contribution in [-0.2, 0) is 16.1 Å². The van der Waals surface area contributed by atoms with Gasteiger partial charge >= 0.3 is 6.03 Å². The van der Waals surface area contributed by atoms with Crippen LogP contribution in [0.25, 0.3) is 6.08 Å². The van der Waals surface area contributed by atoms with Crippen molar-refractivity contribution in [3.63, 3.8) is 0 Å². The van der Waals surface area contributed by atoms with Gasteiger partial charge in [0, 0.05) is 5.56 Å². The number of ether oxygens (including phenoxy) is 1. The van der Waals surface area contributed by atoms with Crippen LogP contribution in [0.15, 0.2) is 54.1 Å². The van der Waals surface area contributed by atoms with Gasteiger partial charge in [-0.1, -0.05) is 30.3 Å². The molecule has 1 fully saturated rings. The van der Waals surface area contributed by atoms with Gasteiger partial charge in [0.2, 0.25) is 0 Å². The Balaban J connectivity index is 1.92. The normalized spacial score (nSPS) is 16.0. The van der Waals surface area contributed by atoms with Crippen molar-refractivity contribution >= 4 is 23.9 Å². The fraction of sp³-hybridized carbons (Fsp3) is 0.105. The minimum Gasteiger partial charge on any atom is -0.496 e. The molecule has 7 heteroatoms. The van der Waals surface area contributed by atoms with Crippen molar-refractivity contribution in [1.29, 1.82) is 0 Å². The van der Waals surface area contributed by atoms with Crippen LogP contribution in [0, 0.1) is 5.82 Å². The molecule has 1 aliphatic heterocycles. The molecule has 1 N–H and O–H groups in total. The van der Waals surface area contributed by atoms with E-state index in [0.29, 0.717) is 16.9 Å². The molecule has 6 nitrogen and oxygen atoms in total. The minimum absolute atomic E-state index is 0.0819. The van der Waals surface area contributed by atoms with E-state index in [9.17, 15) is 18.8 Å². The molecule has 1 heterocycles. The molecular formula is C19H15FN2O4. The summed E-state index contributed by atoms with van der Waals surface area (Å²) in [5.41, 5.74) is 0.904. The number of urea groups is 1. The highest BCUT2D eigenvalue weighted by molar-refractivity contribution is 6.31. The number of nitrogens with zero attached hydrogens (tertiary/aromatic N) is 1. The van der Waals surface area contributed by atoms with E-state index in [1.807, 2.05) is 0 Å². The highest BCUT2D eigenvalue weighted by atomic mass is 19.1. The third kappa shape index (κ3) is 3.46. The zero-order chi connectivity index (χ0) is 18.7. The molecule has 0 aliphatic carbocycles. The van der Waals surface area contributed by atoms with Gasteiger partial charge in [-0.15, -0.1) is 0 Å². The summed E-state index contributed by atoms with van der Waals surface area (Å²) >= 11 is 0. The summed E-state index contributed by atoms with van der Waals surface area (Å²) in [6.07, 6.45) is 1.38. The van der Waals surface area contributed by atoms with Crippen molar-refractivity contribution in [1.82, 2.24) is 10.2 Å². The Morgan fingerprint density at radius 2 is 1.77 bits per heavy atom. The van der Waals surface area contributed by atoms with Gasteiger partial charge in [0.15, 0.2) is 0 Å². The molecule has 132 valence electrons. The molecule has 0 bridgehead atoms. The highest BCUT2D eigenvalue weighted by Gasteiger charge is 2.35. The fourth-order valence-corrected chi connectivity index (χ4v) is 2.55. The number of rotatable bonds is 4. The van der Waals surface area contributed by atoms with Crippen molar-refractivity contribution < 1.29 is 23.5 Å². The lowest BCUT2D eigenvalue weighted by Gasteiger charge is -2.26. The Morgan fingerprint density at radius 1 is 1.08 bits per heavy atom. The van der Waals surface area contributed by atoms with Gasteiger partial charge in [-0.3, -0.25) is 19.8 Å². The maximum atomic E-state index is 13.0. The molecule has 2 aromatic rings. The molecule has 4 amide bonds. The van der Waals surface area contributed by atoms with Crippen molar-refractivity contribution in [2.75, 3.05) is 7.11 Å². The third-order valence-electron chi connectivity index (χ3n) is 3.88. The Morgan fingerprint density at radius 3 is 2.46 bits per heavy atom. The first kappa shape index (κ1) is 17.3. The van der Waals surface area contributed by atoms with Crippen LogP contribution in [0.5, 0.6) is 5.75 Å². The summed E-state index contributed by atoms with van der Waals surface area (Å²) in [4.78, 5) is 37.8. The standard InChI is InChI=1S/C19H15FN2O4/c1-26-16-5-3-2-4-13(16)10-15-17(23)21-19(25)22(18(15)24)11-12-6-8-14(20)9-7-12/h2-10H,11H2,1H3,(H,21,23,25). The Bertz CT molecular complexity index is 906. The number of carbonyl (C=O) groups is 3. The molecule has 1 aliphatic rings. The highest BCUT2D eigenvalue weighted by Crippen LogP contribution is 2.23. The summed E-state index contributed by atoms with van der Waals surface area (Å²) in [5.74, 6) is -1.44. The first-order chi connectivity index (χ1) is 12.5. The molecular weight excluding hydrogens is 339 g/mol. The average molecular weight is 354 g/mol. The molecule has 0 atom stereocenters. The van der Waals surface area contributed by atoms with Crippen LogP contribution >= 0.6 is 0 Å². The Kier molecular flexibility index (Phi) is 4.79. The number of methoxy groups -OCH3 is 1. The zero-order valence-corrected chi connectivity index (χ0v) is 13.9. The molecule has 3 rings (SSSR count). The number of hydrogen-bond acceptors (Lipinski definition) is 4. The van der Waals surface area contributed by atoms with Crippen molar-refractivity contribution in [2.45, 2.75) is 6.54 Å². The number of nitrogens with one attached hydrogen (secondary N) is 1. The average Bonchev–Trinajstić information content (AvgIpc) is 2.64. The fourth-order valence-electron chi connectivity index (χ4n) is 2.55. The number of halogens is 1. The lowest BCUT2D eigenvalue weighted by molar-refractivity contribution is -0.130. The summed E-state index contributed by atoms with van der Waals surface area (Å²) < 4.78 is 18.2. The maximum absolute atomic E-state index is 13.0. The van der Waals surface area contributed by atoms with Gasteiger partial charge < -0.3 is 4.74 Å². The van der Waals surface area contributed by atoms with E-state index in [1.54, 1.807) is 24.3 Å². The number of imide groups is 2. The summed E-state index contributed by atoms with van der Waals surface area (Å²) in [5, 5.41) is 2.14. The van der Waals surface area contributed by atoms with Crippen molar-refractivity contribution in [2.24, 2.45) is 0 Å². The smallest absolute Gasteiger partial charge is 0.331 e. The van der Waals surface area contributed by atoms with Crippen LogP contribution in [0.1, 0.15) is 11.1 Å². The van der Waals surface area contributed by atoms with Gasteiger partial charge in [0.25, 0.3) is 11.8 Å². The number of barbiturate groups is 1. The lowest BCUT2D eigenvalue weighted by Crippen LogP contribution is -2.53. The van der Waals surface area contributed by atoms with Crippen LogP contribution in [0.2, 0.25) is 0 Å². The minimum atomic E-state index is -0.818. The van der Waals surface area contributed by atoms with E-state index >= 15 is 0 Å². The Hall–Kier alpha value is -3.48. The van der Waals surface area contributed by atoms with Crippen molar-refractivity contribution in [3.8, 4) is 5.75 Å². The number of amides is 4. The maximum Gasteiger partial charge on any atom is 0.331 e. The number of hydrogen-bond donors (Lipinski definition) is 1. The summed E-state index contributed by atoms with van der Waals surface area (Å²) in [6, 6.07) is 11.5. The van der Waals surface area contributed by atoms with E-state index in [-0.39, 0.29) is 12.1 Å². The predicted octanol–water partition coefficient (Wildman–Crippen LogP) is 2.50. The second-order valence-corrected chi connectivity index (χ2v) is 5.58. The predicted molar refractivity (Wildman–Crippen MR) is 91.5 cm³/mol. The summed E-state index contributed by atoms with van der Waals surface area (Å²) in [7, 11) is 1.48. The molecule has 26 heavy (non-hydrogen) atoms. The molecule has 0 aromatic heterocycles. The number of benzene rings is 2. The molecule has 0 saturated carbocycles. The van der Waals surface area contributed by atoms with E-state index in [2.05, 4.69) is 5.32 Å². The van der Waals surface area contributed by atoms with Gasteiger partial charge in [-0.25, -0.2) is 9.18 Å². The van der Waals surface area contributed by atoms with Gasteiger partial charge in [0.05, 0.1) is 13.7 Å². The van der Waals surface area contributed by atoms with Gasteiger partial charge in [0.1, 0.15) is 17.1 Å². The van der Waals surface area contributed by atoms with E-state index in [1.165, 1.54) is 37.5 Å². The van der Waals surface area contributed by atoms with Crippen LogP contribution in [-0.4, -0.2) is 29.9 Å². The molecule has 0 radical (unpaired) electrons. The number of carbonyl (C=O) groups excluding carboxylic acids is 3. The topological polar surface area (TPSA) is 75.7 Å². The van der Waals surface area contributed by atoms with Crippen LogP contribution in [0.4, 0.5) is 9.18 Å². The molecule has 0 spiro atoms. The first-order valence-corrected chi connectivity index (χ1v) is 7.76. The SMILES string of the molecule is COc1ccccc1C=C1C(=O)NC(=O)N(Cc2ccc(F)cc2)C1=O. The van der Waals surface area contributed by atoms with Gasteiger partial charge in [-0.05, 0) is 29.8 Å². The quantitative estimate of drug-likeness (QED) is 0.676. The second kappa shape index (κ2) is 7.18. The summed E-state index contributed by atoms with van der Waals surface area (Å²) in [6.45, 7) is -0.0819. The van der Waals surface area contributed by atoms with E-state index in [0.717, 1.165) is 4.90 Å². The molecule has 0 unspecified atom stereocenters. The van der Waals surface area contributed by atoms with E-state index < -0.39 is 23.7 Å². The van der Waals surface area contributed by atoms with Crippen molar-refractivity contribution in [3.05, 3.63) is 71.0 Å². The monoisotopic (exact) mass is 354 g/mol. The molecule has 1 saturated heterocycles. The zero-order valence-electron chi connectivity index (χ0n) is 13.9. The van der Waals surface area contributed by atoms with Gasteiger partial charge in [-0.2, -0.15) is 0 Å². The first-order valence-electron chi connectivity index (χ1n) is 7.76. The largest absolute Gasteiger partial charge is 0.496 e. The third-order valence-corrected chi connectivity index (χ3v) is 3.88. The van der Waals surface area contributed by atoms with Crippen LogP contribution < -0.4 is 10.1 Å². The second-order valence-electron chi connectivity index (χ2n) is 5.58. The number of para-hydroxylation sites is 1. The van der Waals surface area contributed by atoms with E-state index in [4.69, 9.17) is 4.74 Å². The molecule has 2 aromatic carbocycles. The lowest BCUT2D eigenvalue weighted by atomic mass is 10.1. The van der Waals surface area contributed by atoms with Crippen LogP contribution in [0.3, 0.4) is 0 Å². The Labute approximate surface area is 148 Å².